The first-order valence-corrected chi connectivity index (χ1v) is 8.16. The lowest BCUT2D eigenvalue weighted by molar-refractivity contribution is 0.269. The summed E-state index contributed by atoms with van der Waals surface area (Å²) in [5, 5.41) is 0. The third-order valence-corrected chi connectivity index (χ3v) is 3.48. The Hall–Kier alpha value is -0.940. The fourth-order valence-corrected chi connectivity index (χ4v) is 2.87. The first-order chi connectivity index (χ1) is 8.40. The summed E-state index contributed by atoms with van der Waals surface area (Å²) in [5.41, 5.74) is 0. The zero-order valence-corrected chi connectivity index (χ0v) is 12.0. The molecule has 0 amide bonds. The Labute approximate surface area is 112 Å². The summed E-state index contributed by atoms with van der Waals surface area (Å²) < 4.78 is 32.6. The first-order valence-electron chi connectivity index (χ1n) is 5.68. The van der Waals surface area contributed by atoms with Crippen LogP contribution in [0.3, 0.4) is 0 Å². The van der Waals surface area contributed by atoms with Crippen molar-refractivity contribution in [1.82, 2.24) is 0 Å². The van der Waals surface area contributed by atoms with Crippen LogP contribution in [-0.2, 0) is 9.05 Å². The van der Waals surface area contributed by atoms with E-state index in [4.69, 9.17) is 20.2 Å². The highest BCUT2D eigenvalue weighted by molar-refractivity contribution is 8.13. The van der Waals surface area contributed by atoms with Gasteiger partial charge in [-0.3, -0.25) is 0 Å². The van der Waals surface area contributed by atoms with Gasteiger partial charge in [-0.1, -0.05) is 13.0 Å². The summed E-state index contributed by atoms with van der Waals surface area (Å²) in [4.78, 5) is 0. The van der Waals surface area contributed by atoms with E-state index in [0.717, 1.165) is 5.75 Å². The molecule has 0 saturated heterocycles. The molecule has 1 atom stereocenters. The van der Waals surface area contributed by atoms with Gasteiger partial charge in [0.1, 0.15) is 11.5 Å². The van der Waals surface area contributed by atoms with Crippen LogP contribution >= 0.6 is 10.7 Å². The average Bonchev–Trinajstić information content (AvgIpc) is 2.25. The van der Waals surface area contributed by atoms with Crippen molar-refractivity contribution in [2.75, 3.05) is 19.0 Å². The van der Waals surface area contributed by atoms with Crippen molar-refractivity contribution < 1.29 is 17.9 Å². The molecule has 0 aliphatic carbocycles. The second-order valence-electron chi connectivity index (χ2n) is 4.03. The van der Waals surface area contributed by atoms with E-state index in [0.29, 0.717) is 19.0 Å². The van der Waals surface area contributed by atoms with Crippen LogP contribution in [0, 0.1) is 5.92 Å². The van der Waals surface area contributed by atoms with E-state index in [1.165, 1.54) is 0 Å². The number of rotatable bonds is 7. The molecule has 1 aromatic rings. The maximum Gasteiger partial charge on any atom is 0.232 e. The molecule has 0 spiro atoms. The van der Waals surface area contributed by atoms with Gasteiger partial charge in [-0.15, -0.1) is 0 Å². The fraction of sp³-hybridized carbons (Fsp3) is 0.500. The molecule has 0 heterocycles. The van der Waals surface area contributed by atoms with Crippen LogP contribution < -0.4 is 9.47 Å². The van der Waals surface area contributed by atoms with E-state index in [-0.39, 0.29) is 11.7 Å². The van der Waals surface area contributed by atoms with E-state index < -0.39 is 9.05 Å². The summed E-state index contributed by atoms with van der Waals surface area (Å²) in [7, 11) is 1.70. The molecule has 0 N–H and O–H groups in total. The number of ether oxygens (including phenoxy) is 2. The maximum atomic E-state index is 10.9. The molecule has 0 fully saturated rings. The second-order valence-corrected chi connectivity index (χ2v) is 6.85. The number of hydrogen-bond acceptors (Lipinski definition) is 4. The molecule has 1 unspecified atom stereocenters. The number of halogens is 1. The molecule has 0 bridgehead atoms. The van der Waals surface area contributed by atoms with Crippen LogP contribution in [0.5, 0.6) is 11.5 Å². The topological polar surface area (TPSA) is 52.6 Å². The normalized spacial score (nSPS) is 13.1. The first kappa shape index (κ1) is 15.1. The Morgan fingerprint density at radius 3 is 2.44 bits per heavy atom. The lowest BCUT2D eigenvalue weighted by atomic mass is 10.2. The van der Waals surface area contributed by atoms with Crippen molar-refractivity contribution in [3.63, 3.8) is 0 Å². The van der Waals surface area contributed by atoms with Crippen molar-refractivity contribution in [3.8, 4) is 11.5 Å². The van der Waals surface area contributed by atoms with Gasteiger partial charge in [0.25, 0.3) is 0 Å². The zero-order chi connectivity index (χ0) is 13.6. The molecule has 1 rings (SSSR count). The molecular formula is C12H17ClO4S. The lowest BCUT2D eigenvalue weighted by Gasteiger charge is -2.12. The Bertz CT molecular complexity index is 473. The van der Waals surface area contributed by atoms with E-state index >= 15 is 0 Å². The van der Waals surface area contributed by atoms with E-state index in [1.54, 1.807) is 19.1 Å². The molecule has 4 nitrogen and oxygen atoms in total. The molecule has 102 valence electrons. The van der Waals surface area contributed by atoms with Crippen LogP contribution in [0.1, 0.15) is 13.8 Å². The lowest BCUT2D eigenvalue weighted by Crippen LogP contribution is -2.16. The standard InChI is InChI=1S/C12H17ClO4S/c1-3-16-11-5-4-6-12(7-11)17-8-10(2)9-18(13,14)15/h4-7,10H,3,8-9H2,1-2H3. The molecule has 18 heavy (non-hydrogen) atoms. The van der Waals surface area contributed by atoms with Crippen LogP contribution in [-0.4, -0.2) is 27.4 Å². The highest BCUT2D eigenvalue weighted by Gasteiger charge is 2.13. The number of benzene rings is 1. The highest BCUT2D eigenvalue weighted by Crippen LogP contribution is 2.20. The van der Waals surface area contributed by atoms with E-state index in [9.17, 15) is 8.42 Å². The third kappa shape index (κ3) is 6.12. The summed E-state index contributed by atoms with van der Waals surface area (Å²) in [6, 6.07) is 7.22. The van der Waals surface area contributed by atoms with Crippen molar-refractivity contribution >= 4 is 19.7 Å². The van der Waals surface area contributed by atoms with Crippen LogP contribution in [0.15, 0.2) is 24.3 Å². The SMILES string of the molecule is CCOc1cccc(OCC(C)CS(=O)(=O)Cl)c1. The van der Waals surface area contributed by atoms with Gasteiger partial charge in [-0.05, 0) is 19.1 Å². The van der Waals surface area contributed by atoms with Gasteiger partial charge in [0, 0.05) is 22.7 Å². The van der Waals surface area contributed by atoms with Crippen LogP contribution in [0.25, 0.3) is 0 Å². The minimum Gasteiger partial charge on any atom is -0.494 e. The molecule has 0 saturated carbocycles. The Morgan fingerprint density at radius 1 is 1.28 bits per heavy atom. The monoisotopic (exact) mass is 292 g/mol. The number of hydrogen-bond donors (Lipinski definition) is 0. The smallest absolute Gasteiger partial charge is 0.232 e. The predicted molar refractivity (Wildman–Crippen MR) is 71.9 cm³/mol. The molecular weight excluding hydrogens is 276 g/mol. The molecule has 0 aliphatic rings. The summed E-state index contributed by atoms with van der Waals surface area (Å²) in [5.74, 6) is 1.12. The van der Waals surface area contributed by atoms with Crippen molar-refractivity contribution in [2.24, 2.45) is 5.92 Å². The second kappa shape index (κ2) is 6.85. The summed E-state index contributed by atoms with van der Waals surface area (Å²) in [6.07, 6.45) is 0. The van der Waals surface area contributed by atoms with Crippen LogP contribution in [0.2, 0.25) is 0 Å². The molecule has 1 aromatic carbocycles. The quantitative estimate of drug-likeness (QED) is 0.725. The maximum absolute atomic E-state index is 10.9. The van der Waals surface area contributed by atoms with E-state index in [2.05, 4.69) is 0 Å². The van der Waals surface area contributed by atoms with Gasteiger partial charge in [0.2, 0.25) is 9.05 Å². The summed E-state index contributed by atoms with van der Waals surface area (Å²) in [6.45, 7) is 4.55. The third-order valence-electron chi connectivity index (χ3n) is 2.13. The molecule has 6 heteroatoms. The highest BCUT2D eigenvalue weighted by atomic mass is 35.7. The zero-order valence-electron chi connectivity index (χ0n) is 10.4. The molecule has 0 aromatic heterocycles. The van der Waals surface area contributed by atoms with Gasteiger partial charge < -0.3 is 9.47 Å². The van der Waals surface area contributed by atoms with Gasteiger partial charge in [0.05, 0.1) is 19.0 Å². The van der Waals surface area contributed by atoms with Crippen LogP contribution in [0.4, 0.5) is 0 Å². The van der Waals surface area contributed by atoms with Gasteiger partial charge in [-0.25, -0.2) is 8.42 Å². The largest absolute Gasteiger partial charge is 0.494 e. The Morgan fingerprint density at radius 2 is 1.89 bits per heavy atom. The van der Waals surface area contributed by atoms with Crippen molar-refractivity contribution in [2.45, 2.75) is 13.8 Å². The fourth-order valence-electron chi connectivity index (χ4n) is 1.45. The van der Waals surface area contributed by atoms with Gasteiger partial charge in [-0.2, -0.15) is 0 Å². The van der Waals surface area contributed by atoms with E-state index in [1.807, 2.05) is 19.1 Å². The molecule has 0 aliphatic heterocycles. The van der Waals surface area contributed by atoms with Gasteiger partial charge >= 0.3 is 0 Å². The van der Waals surface area contributed by atoms with Crippen molar-refractivity contribution in [3.05, 3.63) is 24.3 Å². The minimum atomic E-state index is -3.48. The Kier molecular flexibility index (Phi) is 5.75. The van der Waals surface area contributed by atoms with Gasteiger partial charge in [0.15, 0.2) is 0 Å². The minimum absolute atomic E-state index is 0.0975. The molecule has 0 radical (unpaired) electrons. The summed E-state index contributed by atoms with van der Waals surface area (Å²) >= 11 is 0. The Balaban J connectivity index is 2.50. The average molecular weight is 293 g/mol. The predicted octanol–water partition coefficient (Wildman–Crippen LogP) is 2.67. The van der Waals surface area contributed by atoms with Crippen molar-refractivity contribution in [1.29, 1.82) is 0 Å².